The van der Waals surface area contributed by atoms with Crippen LogP contribution in [-0.4, -0.2) is 36.6 Å². The topological polar surface area (TPSA) is 15.3 Å². The van der Waals surface area contributed by atoms with Gasteiger partial charge in [-0.3, -0.25) is 4.90 Å². The van der Waals surface area contributed by atoms with Gasteiger partial charge in [0, 0.05) is 12.1 Å². The van der Waals surface area contributed by atoms with Crippen molar-refractivity contribution < 1.29 is 0 Å². The minimum atomic E-state index is 0.515. The minimum absolute atomic E-state index is 0.515. The molecule has 3 unspecified atom stereocenters. The van der Waals surface area contributed by atoms with Crippen LogP contribution in [0.3, 0.4) is 0 Å². The first-order chi connectivity index (χ1) is 10.1. The van der Waals surface area contributed by atoms with Gasteiger partial charge in [-0.25, -0.2) is 0 Å². The molecular weight excluding hydrogens is 256 g/mol. The maximum absolute atomic E-state index is 3.80. The van der Waals surface area contributed by atoms with E-state index in [1.54, 1.807) is 0 Å². The van der Waals surface area contributed by atoms with E-state index >= 15 is 0 Å². The predicted octanol–water partition coefficient (Wildman–Crippen LogP) is 4.45. The normalized spacial score (nSPS) is 32.9. The summed E-state index contributed by atoms with van der Waals surface area (Å²) in [5.74, 6) is 0.908. The van der Waals surface area contributed by atoms with Gasteiger partial charge in [-0.2, -0.15) is 0 Å². The average molecular weight is 295 g/mol. The molecule has 1 heterocycles. The Morgan fingerprint density at radius 2 is 1.67 bits per heavy atom. The van der Waals surface area contributed by atoms with Gasteiger partial charge in [-0.1, -0.05) is 47.0 Å². The van der Waals surface area contributed by atoms with Gasteiger partial charge < -0.3 is 5.32 Å². The number of nitrogens with zero attached hydrogens (tertiary/aromatic N) is 1. The fraction of sp³-hybridized carbons (Fsp3) is 1.00. The Labute approximate surface area is 133 Å². The number of likely N-dealkylation sites (tertiary alicyclic amines) is 1. The fourth-order valence-corrected chi connectivity index (χ4v) is 4.48. The van der Waals surface area contributed by atoms with E-state index < -0.39 is 0 Å². The molecule has 2 fully saturated rings. The summed E-state index contributed by atoms with van der Waals surface area (Å²) in [4.78, 5) is 2.85. The lowest BCUT2D eigenvalue weighted by Gasteiger charge is -2.47. The summed E-state index contributed by atoms with van der Waals surface area (Å²) in [5, 5.41) is 3.80. The Morgan fingerprint density at radius 1 is 1.00 bits per heavy atom. The molecule has 2 aliphatic rings. The van der Waals surface area contributed by atoms with E-state index in [1.165, 1.54) is 64.5 Å². The third kappa shape index (κ3) is 4.45. The van der Waals surface area contributed by atoms with Gasteiger partial charge in [-0.15, -0.1) is 0 Å². The number of likely N-dealkylation sites (N-methyl/N-ethyl adjacent to an activating group) is 1. The van der Waals surface area contributed by atoms with E-state index in [0.29, 0.717) is 5.41 Å². The highest BCUT2D eigenvalue weighted by molar-refractivity contribution is 4.95. The maximum Gasteiger partial charge on any atom is 0.0252 e. The van der Waals surface area contributed by atoms with Crippen molar-refractivity contribution in [2.45, 2.75) is 91.1 Å². The lowest BCUT2D eigenvalue weighted by molar-refractivity contribution is 0.0517. The number of hydrogen-bond acceptors (Lipinski definition) is 2. The Balaban J connectivity index is 2.06. The van der Waals surface area contributed by atoms with Gasteiger partial charge in [0.25, 0.3) is 0 Å². The van der Waals surface area contributed by atoms with E-state index in [1.807, 2.05) is 0 Å². The lowest BCUT2D eigenvalue weighted by Crippen LogP contribution is -2.54. The summed E-state index contributed by atoms with van der Waals surface area (Å²) in [6, 6.07) is 1.52. The molecule has 0 radical (unpaired) electrons. The quantitative estimate of drug-likeness (QED) is 0.806. The van der Waals surface area contributed by atoms with Crippen molar-refractivity contribution in [1.82, 2.24) is 10.2 Å². The van der Waals surface area contributed by atoms with E-state index in [2.05, 4.69) is 37.9 Å². The minimum Gasteiger partial charge on any atom is -0.313 e. The highest BCUT2D eigenvalue weighted by Gasteiger charge is 2.39. The van der Waals surface area contributed by atoms with Crippen LogP contribution in [0.15, 0.2) is 0 Å². The summed E-state index contributed by atoms with van der Waals surface area (Å²) in [5.41, 5.74) is 0.515. The molecule has 0 bridgehead atoms. The molecule has 1 aliphatic heterocycles. The molecule has 0 aromatic carbocycles. The average Bonchev–Trinajstić information content (AvgIpc) is 2.77. The summed E-state index contributed by atoms with van der Waals surface area (Å²) in [6.45, 7) is 13.4. The molecule has 0 amide bonds. The van der Waals surface area contributed by atoms with Crippen molar-refractivity contribution in [2.75, 3.05) is 19.6 Å². The molecule has 0 aromatic rings. The zero-order valence-electron chi connectivity index (χ0n) is 15.0. The van der Waals surface area contributed by atoms with Crippen molar-refractivity contribution in [3.8, 4) is 0 Å². The van der Waals surface area contributed by atoms with Crippen LogP contribution in [0, 0.1) is 11.3 Å². The first-order valence-corrected chi connectivity index (χ1v) is 9.56. The molecule has 21 heavy (non-hydrogen) atoms. The van der Waals surface area contributed by atoms with Crippen LogP contribution in [-0.2, 0) is 0 Å². The fourth-order valence-electron chi connectivity index (χ4n) is 4.48. The molecule has 2 nitrogen and oxygen atoms in total. The van der Waals surface area contributed by atoms with Gasteiger partial charge in [0.2, 0.25) is 0 Å². The Hall–Kier alpha value is -0.0800. The smallest absolute Gasteiger partial charge is 0.0252 e. The second kappa shape index (κ2) is 7.97. The standard InChI is InChI=1S/C19H38N2/c1-5-19(3,4)16-11-12-17(20-6-2)18(15-16)21-13-9-7-8-10-14-21/h16-18,20H,5-15H2,1-4H3. The van der Waals surface area contributed by atoms with Crippen molar-refractivity contribution in [3.63, 3.8) is 0 Å². The van der Waals surface area contributed by atoms with E-state index in [4.69, 9.17) is 0 Å². The predicted molar refractivity (Wildman–Crippen MR) is 92.7 cm³/mol. The lowest BCUT2D eigenvalue weighted by atomic mass is 9.67. The van der Waals surface area contributed by atoms with Crippen LogP contribution in [0.5, 0.6) is 0 Å². The van der Waals surface area contributed by atoms with E-state index in [9.17, 15) is 0 Å². The first-order valence-electron chi connectivity index (χ1n) is 9.56. The maximum atomic E-state index is 3.80. The molecule has 1 aliphatic carbocycles. The van der Waals surface area contributed by atoms with Gasteiger partial charge in [0.1, 0.15) is 0 Å². The van der Waals surface area contributed by atoms with Crippen LogP contribution in [0.1, 0.15) is 79.1 Å². The van der Waals surface area contributed by atoms with E-state index in [-0.39, 0.29) is 0 Å². The number of nitrogens with one attached hydrogen (secondary N) is 1. The molecule has 3 atom stereocenters. The summed E-state index contributed by atoms with van der Waals surface area (Å²) in [7, 11) is 0. The van der Waals surface area contributed by atoms with Gasteiger partial charge in [0.05, 0.1) is 0 Å². The number of hydrogen-bond donors (Lipinski definition) is 1. The van der Waals surface area contributed by atoms with Crippen molar-refractivity contribution in [1.29, 1.82) is 0 Å². The molecule has 124 valence electrons. The van der Waals surface area contributed by atoms with Crippen LogP contribution in [0.25, 0.3) is 0 Å². The largest absolute Gasteiger partial charge is 0.313 e. The molecule has 2 rings (SSSR count). The SMILES string of the molecule is CCNC1CCC(C(C)(C)CC)CC1N1CCCCCC1. The van der Waals surface area contributed by atoms with Crippen LogP contribution >= 0.6 is 0 Å². The monoisotopic (exact) mass is 294 g/mol. The Kier molecular flexibility index (Phi) is 6.55. The molecular formula is C19H38N2. The van der Waals surface area contributed by atoms with E-state index in [0.717, 1.165) is 24.5 Å². The highest BCUT2D eigenvalue weighted by atomic mass is 15.2. The summed E-state index contributed by atoms with van der Waals surface area (Å²) < 4.78 is 0. The first kappa shape index (κ1) is 17.3. The number of rotatable bonds is 5. The molecule has 0 aromatic heterocycles. The molecule has 2 heteroatoms. The highest BCUT2D eigenvalue weighted by Crippen LogP contribution is 2.42. The summed E-state index contributed by atoms with van der Waals surface area (Å²) in [6.07, 6.45) is 11.2. The van der Waals surface area contributed by atoms with Crippen LogP contribution in [0.2, 0.25) is 0 Å². The van der Waals surface area contributed by atoms with Gasteiger partial charge >= 0.3 is 0 Å². The van der Waals surface area contributed by atoms with Crippen LogP contribution < -0.4 is 5.32 Å². The molecule has 1 N–H and O–H groups in total. The molecule has 0 spiro atoms. The van der Waals surface area contributed by atoms with Crippen LogP contribution in [0.4, 0.5) is 0 Å². The van der Waals surface area contributed by atoms with Crippen molar-refractivity contribution >= 4 is 0 Å². The Morgan fingerprint density at radius 3 is 2.24 bits per heavy atom. The van der Waals surface area contributed by atoms with Gasteiger partial charge in [0.15, 0.2) is 0 Å². The molecule has 1 saturated carbocycles. The third-order valence-corrected chi connectivity index (χ3v) is 6.41. The van der Waals surface area contributed by atoms with Crippen molar-refractivity contribution in [3.05, 3.63) is 0 Å². The molecule has 1 saturated heterocycles. The second-order valence-electron chi connectivity index (χ2n) is 8.03. The van der Waals surface area contributed by atoms with Gasteiger partial charge in [-0.05, 0) is 63.1 Å². The Bertz CT molecular complexity index is 292. The zero-order chi connectivity index (χ0) is 15.3. The van der Waals surface area contributed by atoms with Crippen molar-refractivity contribution in [2.24, 2.45) is 11.3 Å². The summed E-state index contributed by atoms with van der Waals surface area (Å²) >= 11 is 0. The second-order valence-corrected chi connectivity index (χ2v) is 8.03. The zero-order valence-corrected chi connectivity index (χ0v) is 15.0. The third-order valence-electron chi connectivity index (χ3n) is 6.41.